The number of anilines is 2. The molecular formula is C14H24N4S. The van der Waals surface area contributed by atoms with Gasteiger partial charge in [-0.2, -0.15) is 0 Å². The molecule has 4 nitrogen and oxygen atoms in total. The van der Waals surface area contributed by atoms with Crippen molar-refractivity contribution < 1.29 is 0 Å². The summed E-state index contributed by atoms with van der Waals surface area (Å²) in [6.45, 7) is 8.56. The van der Waals surface area contributed by atoms with E-state index < -0.39 is 0 Å². The van der Waals surface area contributed by atoms with E-state index in [-0.39, 0.29) is 0 Å². The van der Waals surface area contributed by atoms with Gasteiger partial charge < -0.3 is 10.2 Å². The average Bonchev–Trinajstić information content (AvgIpc) is 3.19. The van der Waals surface area contributed by atoms with Crippen LogP contribution in [0.15, 0.2) is 11.2 Å². The van der Waals surface area contributed by atoms with Gasteiger partial charge in [-0.1, -0.05) is 11.8 Å². The van der Waals surface area contributed by atoms with E-state index in [2.05, 4.69) is 47.0 Å². The molecule has 1 aromatic rings. The Morgan fingerprint density at radius 3 is 2.68 bits per heavy atom. The molecule has 5 heteroatoms. The lowest BCUT2D eigenvalue weighted by molar-refractivity contribution is 0.632. The molecule has 106 valence electrons. The number of hydrogen-bond acceptors (Lipinski definition) is 5. The van der Waals surface area contributed by atoms with E-state index in [0.717, 1.165) is 35.8 Å². The van der Waals surface area contributed by atoms with Crippen molar-refractivity contribution in [1.82, 2.24) is 9.97 Å². The van der Waals surface area contributed by atoms with Gasteiger partial charge in [-0.25, -0.2) is 9.97 Å². The van der Waals surface area contributed by atoms with Gasteiger partial charge in [-0.05, 0) is 45.8 Å². The average molecular weight is 280 g/mol. The highest BCUT2D eigenvalue weighted by atomic mass is 32.2. The quantitative estimate of drug-likeness (QED) is 0.613. The Balaban J connectivity index is 2.25. The first-order chi connectivity index (χ1) is 9.13. The third kappa shape index (κ3) is 4.00. The maximum atomic E-state index is 4.67. The van der Waals surface area contributed by atoms with Crippen LogP contribution in [0.2, 0.25) is 0 Å². The fourth-order valence-electron chi connectivity index (χ4n) is 2.07. The molecule has 0 radical (unpaired) electrons. The Morgan fingerprint density at radius 2 is 2.16 bits per heavy atom. The highest BCUT2D eigenvalue weighted by molar-refractivity contribution is 7.98. The van der Waals surface area contributed by atoms with Crippen molar-refractivity contribution in [2.24, 2.45) is 5.92 Å². The molecule has 0 spiro atoms. The number of rotatable bonds is 7. The van der Waals surface area contributed by atoms with Crippen molar-refractivity contribution in [1.29, 1.82) is 0 Å². The largest absolute Gasteiger partial charge is 0.370 e. The van der Waals surface area contributed by atoms with Crippen LogP contribution in [-0.2, 0) is 0 Å². The first kappa shape index (κ1) is 14.4. The summed E-state index contributed by atoms with van der Waals surface area (Å²) < 4.78 is 0. The van der Waals surface area contributed by atoms with Crippen molar-refractivity contribution in [2.45, 2.75) is 44.8 Å². The summed E-state index contributed by atoms with van der Waals surface area (Å²) in [5.41, 5.74) is 0. The normalized spacial score (nSPS) is 14.8. The first-order valence-corrected chi connectivity index (χ1v) is 8.30. The SMILES string of the molecule is CCNc1cc(N(CC2CC2)C(C)C)nc(SC)n1. The molecule has 1 aliphatic rings. The van der Waals surface area contributed by atoms with E-state index in [4.69, 9.17) is 0 Å². The molecule has 0 aromatic carbocycles. The van der Waals surface area contributed by atoms with E-state index in [1.54, 1.807) is 11.8 Å². The number of nitrogens with one attached hydrogen (secondary N) is 1. The van der Waals surface area contributed by atoms with Gasteiger partial charge in [-0.3, -0.25) is 0 Å². The molecule has 1 aromatic heterocycles. The van der Waals surface area contributed by atoms with Gasteiger partial charge in [0.2, 0.25) is 0 Å². The second kappa shape index (κ2) is 6.46. The number of aromatic nitrogens is 2. The zero-order chi connectivity index (χ0) is 13.8. The summed E-state index contributed by atoms with van der Waals surface area (Å²) in [5.74, 6) is 2.84. The predicted octanol–water partition coefficient (Wildman–Crippen LogP) is 3.26. The maximum absolute atomic E-state index is 4.67. The van der Waals surface area contributed by atoms with Crippen LogP contribution >= 0.6 is 11.8 Å². The van der Waals surface area contributed by atoms with Crippen molar-refractivity contribution in [3.05, 3.63) is 6.07 Å². The van der Waals surface area contributed by atoms with Crippen LogP contribution in [0.4, 0.5) is 11.6 Å². The fraction of sp³-hybridized carbons (Fsp3) is 0.714. The monoisotopic (exact) mass is 280 g/mol. The van der Waals surface area contributed by atoms with Gasteiger partial charge in [0.25, 0.3) is 0 Å². The van der Waals surface area contributed by atoms with Crippen LogP contribution in [0.3, 0.4) is 0 Å². The van der Waals surface area contributed by atoms with Gasteiger partial charge in [0.15, 0.2) is 5.16 Å². The Hall–Kier alpha value is -0.970. The third-order valence-corrected chi connectivity index (χ3v) is 3.85. The standard InChI is InChI=1S/C14H24N4S/c1-5-15-12-8-13(17-14(16-12)19-4)18(10(2)3)9-11-6-7-11/h8,10-11H,5-7,9H2,1-4H3,(H,15,16,17). The van der Waals surface area contributed by atoms with Crippen LogP contribution < -0.4 is 10.2 Å². The van der Waals surface area contributed by atoms with Crippen molar-refractivity contribution in [3.8, 4) is 0 Å². The van der Waals surface area contributed by atoms with Crippen LogP contribution in [0.5, 0.6) is 0 Å². The minimum atomic E-state index is 0.472. The highest BCUT2D eigenvalue weighted by Crippen LogP contribution is 2.32. The summed E-state index contributed by atoms with van der Waals surface area (Å²) in [6.07, 6.45) is 4.75. The van der Waals surface area contributed by atoms with E-state index in [9.17, 15) is 0 Å². The van der Waals surface area contributed by atoms with Crippen molar-refractivity contribution in [3.63, 3.8) is 0 Å². The molecule has 1 heterocycles. The van der Waals surface area contributed by atoms with Crippen LogP contribution in [0.25, 0.3) is 0 Å². The van der Waals surface area contributed by atoms with Crippen LogP contribution in [-0.4, -0.2) is 35.4 Å². The predicted molar refractivity (Wildman–Crippen MR) is 83.2 cm³/mol. The van der Waals surface area contributed by atoms with E-state index in [1.165, 1.54) is 12.8 Å². The van der Waals surface area contributed by atoms with Gasteiger partial charge in [-0.15, -0.1) is 0 Å². The van der Waals surface area contributed by atoms with E-state index >= 15 is 0 Å². The molecule has 1 aliphatic carbocycles. The molecule has 2 rings (SSSR count). The molecule has 0 atom stereocenters. The zero-order valence-corrected chi connectivity index (χ0v) is 13.1. The summed E-state index contributed by atoms with van der Waals surface area (Å²) in [6, 6.07) is 2.55. The summed E-state index contributed by atoms with van der Waals surface area (Å²) >= 11 is 1.60. The lowest BCUT2D eigenvalue weighted by Gasteiger charge is -2.28. The van der Waals surface area contributed by atoms with Crippen LogP contribution in [0.1, 0.15) is 33.6 Å². The van der Waals surface area contributed by atoms with Gasteiger partial charge in [0.1, 0.15) is 11.6 Å². The molecule has 1 fully saturated rings. The second-order valence-electron chi connectivity index (χ2n) is 5.32. The molecular weight excluding hydrogens is 256 g/mol. The van der Waals surface area contributed by atoms with Crippen LogP contribution in [0, 0.1) is 5.92 Å². The summed E-state index contributed by atoms with van der Waals surface area (Å²) in [5, 5.41) is 4.14. The minimum absolute atomic E-state index is 0.472. The maximum Gasteiger partial charge on any atom is 0.191 e. The Bertz CT molecular complexity index is 418. The molecule has 0 amide bonds. The van der Waals surface area contributed by atoms with Crippen molar-refractivity contribution >= 4 is 23.4 Å². The lowest BCUT2D eigenvalue weighted by atomic mass is 10.2. The molecule has 19 heavy (non-hydrogen) atoms. The first-order valence-electron chi connectivity index (χ1n) is 7.07. The Morgan fingerprint density at radius 1 is 1.42 bits per heavy atom. The number of hydrogen-bond donors (Lipinski definition) is 1. The Labute approximate surface area is 120 Å². The number of thioether (sulfide) groups is 1. The fourth-order valence-corrected chi connectivity index (χ4v) is 2.44. The lowest BCUT2D eigenvalue weighted by Crippen LogP contribution is -2.33. The Kier molecular flexibility index (Phi) is 4.91. The third-order valence-electron chi connectivity index (χ3n) is 3.30. The van der Waals surface area contributed by atoms with E-state index in [0.29, 0.717) is 6.04 Å². The summed E-state index contributed by atoms with van der Waals surface area (Å²) in [7, 11) is 0. The highest BCUT2D eigenvalue weighted by Gasteiger charge is 2.26. The van der Waals surface area contributed by atoms with E-state index in [1.807, 2.05) is 6.26 Å². The minimum Gasteiger partial charge on any atom is -0.370 e. The van der Waals surface area contributed by atoms with Gasteiger partial charge in [0.05, 0.1) is 0 Å². The zero-order valence-electron chi connectivity index (χ0n) is 12.3. The molecule has 0 bridgehead atoms. The number of nitrogens with zero attached hydrogens (tertiary/aromatic N) is 3. The molecule has 0 unspecified atom stereocenters. The molecule has 0 saturated heterocycles. The second-order valence-corrected chi connectivity index (χ2v) is 6.09. The molecule has 1 saturated carbocycles. The van der Waals surface area contributed by atoms with Crippen molar-refractivity contribution in [2.75, 3.05) is 29.6 Å². The smallest absolute Gasteiger partial charge is 0.191 e. The molecule has 1 N–H and O–H groups in total. The topological polar surface area (TPSA) is 41.0 Å². The molecule has 0 aliphatic heterocycles. The van der Waals surface area contributed by atoms with Gasteiger partial charge >= 0.3 is 0 Å². The van der Waals surface area contributed by atoms with Gasteiger partial charge in [0, 0.05) is 25.2 Å². The summed E-state index contributed by atoms with van der Waals surface area (Å²) in [4.78, 5) is 11.6.